The molecule has 0 aliphatic heterocycles. The Kier molecular flexibility index (Phi) is 5.67. The number of hydrogen-bond donors (Lipinski definition) is 0. The van der Waals surface area contributed by atoms with Crippen molar-refractivity contribution in [2.24, 2.45) is 0 Å². The molecule has 0 atom stereocenters. The van der Waals surface area contributed by atoms with Crippen molar-refractivity contribution in [3.05, 3.63) is 95.4 Å². The first-order chi connectivity index (χ1) is 15.2. The summed E-state index contributed by atoms with van der Waals surface area (Å²) in [5, 5.41) is 4.20. The molecule has 9 heteroatoms. The molecule has 0 saturated heterocycles. The Morgan fingerprint density at radius 3 is 2.44 bits per heavy atom. The highest BCUT2D eigenvalue weighted by Gasteiger charge is 2.13. The summed E-state index contributed by atoms with van der Waals surface area (Å²) in [6.07, 6.45) is 1.82. The molecule has 0 unspecified atom stereocenters. The van der Waals surface area contributed by atoms with Gasteiger partial charge in [-0.2, -0.15) is 14.6 Å². The third kappa shape index (κ3) is 4.33. The van der Waals surface area contributed by atoms with Gasteiger partial charge in [-0.3, -0.25) is 14.4 Å². The Hall–Kier alpha value is -3.72. The second-order valence-electron chi connectivity index (χ2n) is 7.35. The molecule has 4 aromatic rings. The van der Waals surface area contributed by atoms with Gasteiger partial charge in [-0.15, -0.1) is 0 Å². The molecule has 0 aliphatic carbocycles. The van der Waals surface area contributed by atoms with Crippen molar-refractivity contribution in [3.8, 4) is 5.75 Å². The molecule has 0 fully saturated rings. The van der Waals surface area contributed by atoms with Gasteiger partial charge >= 0.3 is 5.97 Å². The number of carbonyl (C=O) groups excluding carboxylic acids is 1. The SMILES string of the molecule is CC(=O)Oc1c(C)cc(C=c2sc3nc(=O)c(Cc4ccc(F)cc4)nn3c2=O)cc1C. The molecule has 0 N–H and O–H groups in total. The fourth-order valence-corrected chi connectivity index (χ4v) is 4.27. The summed E-state index contributed by atoms with van der Waals surface area (Å²) in [5.41, 5.74) is 2.13. The van der Waals surface area contributed by atoms with Crippen LogP contribution in [0.5, 0.6) is 5.75 Å². The van der Waals surface area contributed by atoms with Gasteiger partial charge in [-0.05, 0) is 66.4 Å². The maximum atomic E-state index is 13.1. The van der Waals surface area contributed by atoms with E-state index in [0.717, 1.165) is 32.5 Å². The number of halogens is 1. The molecule has 0 amide bonds. The third-order valence-corrected chi connectivity index (χ3v) is 5.72. The van der Waals surface area contributed by atoms with Gasteiger partial charge in [0.15, 0.2) is 0 Å². The van der Waals surface area contributed by atoms with E-state index in [2.05, 4.69) is 10.1 Å². The molecule has 0 spiro atoms. The minimum absolute atomic E-state index is 0.105. The average Bonchev–Trinajstić information content (AvgIpc) is 3.01. The summed E-state index contributed by atoms with van der Waals surface area (Å²) < 4.78 is 19.8. The van der Waals surface area contributed by atoms with E-state index in [-0.39, 0.29) is 22.9 Å². The van der Waals surface area contributed by atoms with Gasteiger partial charge in [0.1, 0.15) is 17.3 Å². The van der Waals surface area contributed by atoms with E-state index in [0.29, 0.717) is 15.8 Å². The zero-order valence-corrected chi connectivity index (χ0v) is 18.3. The molecule has 2 aromatic carbocycles. The topological polar surface area (TPSA) is 90.6 Å². The summed E-state index contributed by atoms with van der Waals surface area (Å²) in [4.78, 5) is 40.8. The standard InChI is InChI=1S/C23H18FN3O4S/c1-12-8-16(9-13(2)20(12)31-14(3)28)11-19-22(30)27-23(32-19)25-21(29)18(26-27)10-15-4-6-17(24)7-5-15/h4-9,11H,10H2,1-3H3. The lowest BCUT2D eigenvalue weighted by Crippen LogP contribution is -2.28. The quantitative estimate of drug-likeness (QED) is 0.349. The van der Waals surface area contributed by atoms with Crippen LogP contribution in [0, 0.1) is 19.7 Å². The van der Waals surface area contributed by atoms with Crippen molar-refractivity contribution in [1.29, 1.82) is 0 Å². The third-order valence-electron chi connectivity index (χ3n) is 4.76. The normalized spacial score (nSPS) is 11.8. The summed E-state index contributed by atoms with van der Waals surface area (Å²) in [5.74, 6) is -0.289. The highest BCUT2D eigenvalue weighted by Crippen LogP contribution is 2.25. The minimum Gasteiger partial charge on any atom is -0.426 e. The van der Waals surface area contributed by atoms with Gasteiger partial charge < -0.3 is 4.74 Å². The number of carbonyl (C=O) groups is 1. The van der Waals surface area contributed by atoms with Gasteiger partial charge in [-0.25, -0.2) is 4.39 Å². The monoisotopic (exact) mass is 451 g/mol. The fourth-order valence-electron chi connectivity index (χ4n) is 3.37. The molecule has 4 rings (SSSR count). The first-order valence-corrected chi connectivity index (χ1v) is 10.5. The number of nitrogens with zero attached hydrogens (tertiary/aromatic N) is 3. The number of hydrogen-bond acceptors (Lipinski definition) is 7. The van der Waals surface area contributed by atoms with E-state index in [9.17, 15) is 18.8 Å². The summed E-state index contributed by atoms with van der Waals surface area (Å²) in [6.45, 7) is 4.97. The number of ether oxygens (including phenoxy) is 1. The molecular formula is C23H18FN3O4S. The van der Waals surface area contributed by atoms with Gasteiger partial charge in [0.2, 0.25) is 4.96 Å². The predicted octanol–water partition coefficient (Wildman–Crippen LogP) is 2.33. The molecule has 0 bridgehead atoms. The highest BCUT2D eigenvalue weighted by atomic mass is 32.1. The maximum Gasteiger partial charge on any atom is 0.308 e. The van der Waals surface area contributed by atoms with Crippen molar-refractivity contribution in [2.45, 2.75) is 27.2 Å². The van der Waals surface area contributed by atoms with Gasteiger partial charge in [0.25, 0.3) is 11.1 Å². The Morgan fingerprint density at radius 2 is 1.81 bits per heavy atom. The fraction of sp³-hybridized carbons (Fsp3) is 0.174. The second kappa shape index (κ2) is 8.43. The van der Waals surface area contributed by atoms with Gasteiger partial charge in [0.05, 0.1) is 4.53 Å². The van der Waals surface area contributed by atoms with Crippen LogP contribution in [0.3, 0.4) is 0 Å². The summed E-state index contributed by atoms with van der Waals surface area (Å²) in [6, 6.07) is 9.32. The van der Waals surface area contributed by atoms with Crippen molar-refractivity contribution in [1.82, 2.24) is 14.6 Å². The van der Waals surface area contributed by atoms with Crippen LogP contribution in [0.4, 0.5) is 4.39 Å². The number of benzene rings is 2. The Morgan fingerprint density at radius 1 is 1.16 bits per heavy atom. The lowest BCUT2D eigenvalue weighted by molar-refractivity contribution is -0.131. The maximum absolute atomic E-state index is 13.1. The van der Waals surface area contributed by atoms with Crippen LogP contribution in [0.2, 0.25) is 0 Å². The van der Waals surface area contributed by atoms with E-state index >= 15 is 0 Å². The number of aryl methyl sites for hydroxylation is 2. The minimum atomic E-state index is -0.528. The molecule has 2 aromatic heterocycles. The molecule has 0 saturated carbocycles. The molecular weight excluding hydrogens is 433 g/mol. The van der Waals surface area contributed by atoms with Crippen molar-refractivity contribution >= 4 is 28.3 Å². The number of esters is 1. The van der Waals surface area contributed by atoms with Crippen LogP contribution in [0.15, 0.2) is 46.0 Å². The van der Waals surface area contributed by atoms with E-state index in [1.807, 2.05) is 13.8 Å². The smallest absolute Gasteiger partial charge is 0.308 e. The average molecular weight is 451 g/mol. The van der Waals surface area contributed by atoms with E-state index in [1.165, 1.54) is 19.1 Å². The first-order valence-electron chi connectivity index (χ1n) is 9.70. The molecule has 0 radical (unpaired) electrons. The second-order valence-corrected chi connectivity index (χ2v) is 8.36. The van der Waals surface area contributed by atoms with Crippen LogP contribution in [-0.4, -0.2) is 20.6 Å². The first kappa shape index (κ1) is 21.5. The number of aromatic nitrogens is 3. The molecule has 162 valence electrons. The number of thiazole rings is 1. The number of fused-ring (bicyclic) bond motifs is 1. The molecule has 2 heterocycles. The molecule has 32 heavy (non-hydrogen) atoms. The lowest BCUT2D eigenvalue weighted by atomic mass is 10.1. The largest absolute Gasteiger partial charge is 0.426 e. The Bertz CT molecular complexity index is 1500. The van der Waals surface area contributed by atoms with Crippen LogP contribution >= 0.6 is 11.3 Å². The number of rotatable bonds is 4. The Labute approximate surface area is 185 Å². The molecule has 0 aliphatic rings. The van der Waals surface area contributed by atoms with Gasteiger partial charge in [0, 0.05) is 13.3 Å². The van der Waals surface area contributed by atoms with Crippen molar-refractivity contribution < 1.29 is 13.9 Å². The predicted molar refractivity (Wildman–Crippen MR) is 119 cm³/mol. The van der Waals surface area contributed by atoms with Crippen molar-refractivity contribution in [2.75, 3.05) is 0 Å². The van der Waals surface area contributed by atoms with Crippen LogP contribution in [0.1, 0.15) is 34.9 Å². The van der Waals surface area contributed by atoms with E-state index in [1.54, 1.807) is 30.3 Å². The van der Waals surface area contributed by atoms with E-state index in [4.69, 9.17) is 4.74 Å². The zero-order chi connectivity index (χ0) is 23.0. The highest BCUT2D eigenvalue weighted by molar-refractivity contribution is 7.15. The van der Waals surface area contributed by atoms with Crippen LogP contribution in [-0.2, 0) is 11.2 Å². The zero-order valence-electron chi connectivity index (χ0n) is 17.5. The van der Waals surface area contributed by atoms with Gasteiger partial charge in [-0.1, -0.05) is 23.5 Å². The van der Waals surface area contributed by atoms with Crippen molar-refractivity contribution in [3.63, 3.8) is 0 Å². The Balaban J connectivity index is 1.76. The van der Waals surface area contributed by atoms with E-state index < -0.39 is 17.1 Å². The molecule has 7 nitrogen and oxygen atoms in total. The lowest BCUT2D eigenvalue weighted by Gasteiger charge is -2.10. The van der Waals surface area contributed by atoms with Crippen LogP contribution in [0.25, 0.3) is 11.0 Å². The summed E-state index contributed by atoms with van der Waals surface area (Å²) >= 11 is 1.06. The summed E-state index contributed by atoms with van der Waals surface area (Å²) in [7, 11) is 0. The van der Waals surface area contributed by atoms with Crippen LogP contribution < -0.4 is 20.4 Å².